The number of rotatable bonds is 3. The van der Waals surface area contributed by atoms with Crippen LogP contribution in [0.5, 0.6) is 0 Å². The van der Waals surface area contributed by atoms with Crippen molar-refractivity contribution in [3.05, 3.63) is 0 Å². The highest BCUT2D eigenvalue weighted by atomic mass is 16.3. The number of hydrogen-bond acceptors (Lipinski definition) is 4. The molecule has 0 radical (unpaired) electrons. The van der Waals surface area contributed by atoms with Gasteiger partial charge in [-0.1, -0.05) is 5.92 Å². The predicted molar refractivity (Wildman–Crippen MR) is 79.0 cm³/mol. The Morgan fingerprint density at radius 1 is 1.38 bits per heavy atom. The second kappa shape index (κ2) is 6.47. The summed E-state index contributed by atoms with van der Waals surface area (Å²) >= 11 is 0. The van der Waals surface area contributed by atoms with Crippen LogP contribution in [0.25, 0.3) is 0 Å². The first-order valence-corrected chi connectivity index (χ1v) is 7.59. The molecular weight excluding hydrogens is 266 g/mol. The summed E-state index contributed by atoms with van der Waals surface area (Å²) in [5, 5.41) is 22.0. The minimum absolute atomic E-state index is 0.102. The van der Waals surface area contributed by atoms with Gasteiger partial charge in [-0.05, 0) is 45.4 Å². The first-order valence-electron chi connectivity index (χ1n) is 7.59. The number of nitrogens with zero attached hydrogens (tertiary/aromatic N) is 2. The number of hydrogen-bond donors (Lipinski definition) is 2. The van der Waals surface area contributed by atoms with Gasteiger partial charge < -0.3 is 15.3 Å². The van der Waals surface area contributed by atoms with E-state index in [4.69, 9.17) is 11.7 Å². The lowest BCUT2D eigenvalue weighted by Crippen LogP contribution is -2.52. The molecule has 5 heteroatoms. The molecule has 1 saturated carbocycles. The molecule has 1 aliphatic carbocycles. The van der Waals surface area contributed by atoms with Crippen LogP contribution in [0.1, 0.15) is 45.4 Å². The molecule has 0 aromatic heterocycles. The Morgan fingerprint density at radius 3 is 2.57 bits per heavy atom. The molecule has 1 amide bonds. The first-order chi connectivity index (χ1) is 9.99. The molecule has 1 unspecified atom stereocenters. The van der Waals surface area contributed by atoms with Gasteiger partial charge in [-0.2, -0.15) is 5.26 Å². The Morgan fingerprint density at radius 2 is 2.00 bits per heavy atom. The minimum atomic E-state index is -0.402. The summed E-state index contributed by atoms with van der Waals surface area (Å²) in [6.45, 7) is 2.28. The maximum absolute atomic E-state index is 12.4. The number of amides is 1. The molecule has 2 fully saturated rings. The summed E-state index contributed by atoms with van der Waals surface area (Å²) in [6.07, 6.45) is 9.81. The van der Waals surface area contributed by atoms with E-state index in [1.54, 1.807) is 4.90 Å². The van der Waals surface area contributed by atoms with Crippen LogP contribution in [0.2, 0.25) is 0 Å². The molecule has 2 atom stereocenters. The molecule has 2 rings (SSSR count). The number of carbonyl (C=O) groups is 1. The number of terminal acetylenes is 1. The quantitative estimate of drug-likeness (QED) is 0.753. The Bertz CT molecular complexity index is 447. The fourth-order valence-electron chi connectivity index (χ4n) is 3.25. The number of aliphatic hydroxyl groups is 1. The summed E-state index contributed by atoms with van der Waals surface area (Å²) < 4.78 is 0. The molecule has 1 saturated heterocycles. The highest BCUT2D eigenvalue weighted by molar-refractivity contribution is 5.80. The fraction of sp³-hybridized carbons (Fsp3) is 0.750. The third kappa shape index (κ3) is 3.56. The van der Waals surface area contributed by atoms with Gasteiger partial charge in [0, 0.05) is 5.54 Å². The Hall–Kier alpha value is -1.56. The lowest BCUT2D eigenvalue weighted by atomic mass is 9.82. The molecule has 5 nitrogen and oxygen atoms in total. The third-order valence-corrected chi connectivity index (χ3v) is 4.74. The van der Waals surface area contributed by atoms with E-state index in [-0.39, 0.29) is 30.1 Å². The van der Waals surface area contributed by atoms with Gasteiger partial charge in [-0.3, -0.25) is 4.79 Å². The van der Waals surface area contributed by atoms with Crippen LogP contribution in [-0.2, 0) is 4.79 Å². The van der Waals surface area contributed by atoms with E-state index in [0.717, 1.165) is 25.7 Å². The Balaban J connectivity index is 1.92. The van der Waals surface area contributed by atoms with Crippen LogP contribution >= 0.6 is 0 Å². The van der Waals surface area contributed by atoms with Crippen molar-refractivity contribution in [2.75, 3.05) is 6.54 Å². The number of nitrogens with one attached hydrogen (secondary N) is 1. The molecule has 2 aliphatic rings. The largest absolute Gasteiger partial charge is 0.393 e. The van der Waals surface area contributed by atoms with Crippen molar-refractivity contribution in [1.29, 1.82) is 5.26 Å². The lowest BCUT2D eigenvalue weighted by molar-refractivity contribution is -0.131. The maximum atomic E-state index is 12.4. The van der Waals surface area contributed by atoms with Gasteiger partial charge in [0.15, 0.2) is 0 Å². The molecule has 114 valence electrons. The van der Waals surface area contributed by atoms with Gasteiger partial charge in [-0.15, -0.1) is 6.42 Å². The van der Waals surface area contributed by atoms with Gasteiger partial charge >= 0.3 is 0 Å². The molecule has 0 aromatic rings. The molecule has 21 heavy (non-hydrogen) atoms. The Labute approximate surface area is 126 Å². The molecule has 1 heterocycles. The number of carbonyl (C=O) groups excluding carboxylic acids is 1. The van der Waals surface area contributed by atoms with Crippen molar-refractivity contribution in [1.82, 2.24) is 10.2 Å². The topological polar surface area (TPSA) is 76.4 Å². The third-order valence-electron chi connectivity index (χ3n) is 4.74. The summed E-state index contributed by atoms with van der Waals surface area (Å²) in [5.41, 5.74) is -0.123. The van der Waals surface area contributed by atoms with Crippen LogP contribution in [0.4, 0.5) is 0 Å². The average molecular weight is 289 g/mol. The van der Waals surface area contributed by atoms with E-state index in [2.05, 4.69) is 24.2 Å². The predicted octanol–water partition coefficient (Wildman–Crippen LogP) is 0.786. The zero-order valence-corrected chi connectivity index (χ0v) is 12.5. The van der Waals surface area contributed by atoms with Crippen molar-refractivity contribution >= 4 is 5.91 Å². The van der Waals surface area contributed by atoms with Crippen molar-refractivity contribution in [3.8, 4) is 18.4 Å². The van der Waals surface area contributed by atoms with Crippen LogP contribution in [0.3, 0.4) is 0 Å². The first kappa shape index (κ1) is 15.8. The summed E-state index contributed by atoms with van der Waals surface area (Å²) in [4.78, 5) is 14.0. The molecule has 0 spiro atoms. The summed E-state index contributed by atoms with van der Waals surface area (Å²) in [6, 6.07) is 1.50. The molecule has 2 N–H and O–H groups in total. The van der Waals surface area contributed by atoms with Crippen LogP contribution in [-0.4, -0.2) is 46.2 Å². The van der Waals surface area contributed by atoms with Crippen molar-refractivity contribution in [3.63, 3.8) is 0 Å². The number of likely N-dealkylation sites (tertiary alicyclic amines) is 1. The fourth-order valence-corrected chi connectivity index (χ4v) is 3.25. The van der Waals surface area contributed by atoms with Gasteiger partial charge in [-0.25, -0.2) is 0 Å². The Kier molecular flexibility index (Phi) is 4.88. The summed E-state index contributed by atoms with van der Waals surface area (Å²) in [5.74, 6) is 2.50. The SMILES string of the molecule is C#CC1CC[C@@H](C#N)N1C(=O)CNC1(C)CCC(O)CC1. The van der Waals surface area contributed by atoms with Crippen LogP contribution in [0.15, 0.2) is 0 Å². The average Bonchev–Trinajstić information content (AvgIpc) is 2.91. The van der Waals surface area contributed by atoms with E-state index in [1.807, 2.05) is 0 Å². The molecule has 0 aromatic carbocycles. The number of aliphatic hydroxyl groups excluding tert-OH is 1. The zero-order valence-electron chi connectivity index (χ0n) is 12.5. The second-order valence-corrected chi connectivity index (χ2v) is 6.35. The van der Waals surface area contributed by atoms with E-state index < -0.39 is 6.04 Å². The monoisotopic (exact) mass is 289 g/mol. The van der Waals surface area contributed by atoms with E-state index in [0.29, 0.717) is 12.8 Å². The van der Waals surface area contributed by atoms with Gasteiger partial charge in [0.05, 0.1) is 24.8 Å². The normalized spacial score (nSPS) is 36.0. The van der Waals surface area contributed by atoms with Crippen LogP contribution < -0.4 is 5.32 Å². The minimum Gasteiger partial charge on any atom is -0.393 e. The van der Waals surface area contributed by atoms with E-state index in [9.17, 15) is 9.90 Å². The smallest absolute Gasteiger partial charge is 0.238 e. The van der Waals surface area contributed by atoms with Crippen molar-refractivity contribution in [2.45, 2.75) is 69.2 Å². The van der Waals surface area contributed by atoms with Gasteiger partial charge in [0.2, 0.25) is 5.91 Å². The summed E-state index contributed by atoms with van der Waals surface area (Å²) in [7, 11) is 0. The molecular formula is C16H23N3O2. The highest BCUT2D eigenvalue weighted by Crippen LogP contribution is 2.28. The van der Waals surface area contributed by atoms with Crippen LogP contribution in [0, 0.1) is 23.7 Å². The number of nitriles is 1. The van der Waals surface area contributed by atoms with Crippen molar-refractivity contribution < 1.29 is 9.90 Å². The molecule has 0 bridgehead atoms. The van der Waals surface area contributed by atoms with Gasteiger partial charge in [0.1, 0.15) is 6.04 Å². The zero-order chi connectivity index (χ0) is 15.5. The highest BCUT2D eigenvalue weighted by Gasteiger charge is 2.37. The second-order valence-electron chi connectivity index (χ2n) is 6.35. The van der Waals surface area contributed by atoms with E-state index >= 15 is 0 Å². The lowest BCUT2D eigenvalue weighted by Gasteiger charge is -2.37. The van der Waals surface area contributed by atoms with Gasteiger partial charge in [0.25, 0.3) is 0 Å². The van der Waals surface area contributed by atoms with Crippen molar-refractivity contribution in [2.24, 2.45) is 0 Å². The standard InChI is InChI=1S/C16H23N3O2/c1-3-12-4-5-13(10-17)19(12)15(21)11-18-16(2)8-6-14(20)7-9-16/h1,12-14,18,20H,4-9,11H2,2H3/t12?,13-,14?,16?/m0/s1. The van der Waals surface area contributed by atoms with E-state index in [1.165, 1.54) is 0 Å². The maximum Gasteiger partial charge on any atom is 0.238 e. The molecule has 1 aliphatic heterocycles.